The molecule has 2 aliphatic heterocycles. The van der Waals surface area contributed by atoms with Gasteiger partial charge < -0.3 is 15.5 Å². The van der Waals surface area contributed by atoms with E-state index in [1.165, 1.54) is 48.9 Å². The van der Waals surface area contributed by atoms with Gasteiger partial charge in [-0.1, -0.05) is 31.4 Å². The molecule has 1 atom stereocenters. The number of nitrogens with zero attached hydrogens (tertiary/aromatic N) is 2. The van der Waals surface area contributed by atoms with E-state index >= 15 is 0 Å². The lowest BCUT2D eigenvalue weighted by molar-refractivity contribution is 0.215. The molecule has 148 valence electrons. The number of hydrogen-bond donors (Lipinski definition) is 2. The van der Waals surface area contributed by atoms with Crippen molar-refractivity contribution >= 4 is 11.7 Å². The monoisotopic (exact) mass is 370 g/mol. The van der Waals surface area contributed by atoms with Gasteiger partial charge in [0, 0.05) is 31.9 Å². The molecule has 0 unspecified atom stereocenters. The first-order valence-electron chi connectivity index (χ1n) is 10.8. The Bertz CT molecular complexity index is 650. The number of fused-ring (bicyclic) bond motifs is 1. The fourth-order valence-corrected chi connectivity index (χ4v) is 4.98. The smallest absolute Gasteiger partial charge is 0.315 e. The van der Waals surface area contributed by atoms with E-state index in [0.717, 1.165) is 38.9 Å². The molecule has 1 saturated heterocycles. The van der Waals surface area contributed by atoms with Gasteiger partial charge in [-0.3, -0.25) is 4.90 Å². The highest BCUT2D eigenvalue weighted by Crippen LogP contribution is 2.32. The number of likely N-dealkylation sites (tertiary alicyclic amines) is 1. The van der Waals surface area contributed by atoms with Gasteiger partial charge in [-0.05, 0) is 62.4 Å². The number of benzene rings is 1. The molecular weight excluding hydrogens is 336 g/mol. The molecule has 4 rings (SSSR count). The third-order valence-electron chi connectivity index (χ3n) is 6.59. The zero-order chi connectivity index (χ0) is 18.6. The largest absolute Gasteiger partial charge is 0.374 e. The highest BCUT2D eigenvalue weighted by Gasteiger charge is 2.26. The van der Waals surface area contributed by atoms with Crippen molar-refractivity contribution in [3.05, 3.63) is 29.3 Å². The second-order valence-electron chi connectivity index (χ2n) is 8.51. The van der Waals surface area contributed by atoms with Crippen molar-refractivity contribution in [1.29, 1.82) is 0 Å². The number of amides is 2. The molecule has 2 N–H and O–H groups in total. The summed E-state index contributed by atoms with van der Waals surface area (Å²) in [5.74, 6) is 0. The van der Waals surface area contributed by atoms with E-state index in [-0.39, 0.29) is 12.1 Å². The molecule has 5 nitrogen and oxygen atoms in total. The predicted molar refractivity (Wildman–Crippen MR) is 110 cm³/mol. The van der Waals surface area contributed by atoms with Crippen molar-refractivity contribution < 1.29 is 4.79 Å². The van der Waals surface area contributed by atoms with Crippen molar-refractivity contribution in [2.45, 2.75) is 63.5 Å². The maximum absolute atomic E-state index is 12.4. The van der Waals surface area contributed by atoms with Crippen LogP contribution < -0.4 is 15.5 Å². The van der Waals surface area contributed by atoms with Crippen LogP contribution in [0.4, 0.5) is 10.5 Å². The van der Waals surface area contributed by atoms with E-state index in [4.69, 9.17) is 0 Å². The molecule has 3 aliphatic rings. The maximum Gasteiger partial charge on any atom is 0.315 e. The minimum Gasteiger partial charge on any atom is -0.374 e. The Hall–Kier alpha value is -1.75. The van der Waals surface area contributed by atoms with Crippen molar-refractivity contribution in [3.8, 4) is 0 Å². The number of anilines is 1. The van der Waals surface area contributed by atoms with Crippen LogP contribution in [0.3, 0.4) is 0 Å². The molecule has 0 aromatic heterocycles. The number of carbonyl (C=O) groups is 1. The summed E-state index contributed by atoms with van der Waals surface area (Å²) in [6.07, 6.45) is 9.70. The van der Waals surface area contributed by atoms with Crippen LogP contribution >= 0.6 is 0 Å². The summed E-state index contributed by atoms with van der Waals surface area (Å²) in [4.78, 5) is 17.3. The fourth-order valence-electron chi connectivity index (χ4n) is 4.98. The number of nitrogens with one attached hydrogen (secondary N) is 2. The van der Waals surface area contributed by atoms with E-state index in [2.05, 4.69) is 45.7 Å². The van der Waals surface area contributed by atoms with Gasteiger partial charge in [-0.2, -0.15) is 0 Å². The summed E-state index contributed by atoms with van der Waals surface area (Å²) in [6.45, 7) is 4.06. The molecule has 1 saturated carbocycles. The minimum atomic E-state index is 0.00647. The first-order valence-corrected chi connectivity index (χ1v) is 10.8. The van der Waals surface area contributed by atoms with Crippen LogP contribution in [0.25, 0.3) is 0 Å². The number of likely N-dealkylation sites (N-methyl/N-ethyl adjacent to an activating group) is 1. The van der Waals surface area contributed by atoms with Crippen molar-refractivity contribution in [2.24, 2.45) is 0 Å². The Kier molecular flexibility index (Phi) is 5.86. The summed E-state index contributed by atoms with van der Waals surface area (Å²) in [5.41, 5.74) is 4.16. The molecule has 2 amide bonds. The Morgan fingerprint density at radius 2 is 1.89 bits per heavy atom. The quantitative estimate of drug-likeness (QED) is 0.835. The standard InChI is InChI=1S/C22H34N4O/c1-25-14-11-18-15-17(9-10-20(18)25)21(26-12-5-6-13-26)16-23-22(27)24-19-7-3-2-4-8-19/h9-10,15,19,21H,2-8,11-14,16H2,1H3,(H2,23,24,27)/t21-/m1/s1. The molecule has 5 heteroatoms. The topological polar surface area (TPSA) is 47.6 Å². The number of carbonyl (C=O) groups excluding carboxylic acids is 1. The van der Waals surface area contributed by atoms with Gasteiger partial charge >= 0.3 is 6.03 Å². The first-order chi connectivity index (χ1) is 13.2. The van der Waals surface area contributed by atoms with Crippen LogP contribution in [0.15, 0.2) is 18.2 Å². The predicted octanol–water partition coefficient (Wildman–Crippen LogP) is 3.45. The van der Waals surface area contributed by atoms with Crippen molar-refractivity contribution in [1.82, 2.24) is 15.5 Å². The van der Waals surface area contributed by atoms with Crippen molar-refractivity contribution in [3.63, 3.8) is 0 Å². The zero-order valence-corrected chi connectivity index (χ0v) is 16.7. The maximum atomic E-state index is 12.4. The molecule has 27 heavy (non-hydrogen) atoms. The van der Waals surface area contributed by atoms with Gasteiger partial charge in [-0.15, -0.1) is 0 Å². The molecule has 2 heterocycles. The molecule has 1 aromatic carbocycles. The summed E-state index contributed by atoms with van der Waals surface area (Å²) < 4.78 is 0. The molecule has 2 fully saturated rings. The molecule has 0 spiro atoms. The second kappa shape index (κ2) is 8.51. The number of rotatable bonds is 5. The van der Waals surface area contributed by atoms with Crippen LogP contribution in [0.1, 0.15) is 62.1 Å². The Labute approximate surface area is 163 Å². The van der Waals surface area contributed by atoms with E-state index in [0.29, 0.717) is 12.6 Å². The van der Waals surface area contributed by atoms with Gasteiger partial charge in [0.1, 0.15) is 0 Å². The van der Waals surface area contributed by atoms with E-state index < -0.39 is 0 Å². The van der Waals surface area contributed by atoms with Gasteiger partial charge in [0.2, 0.25) is 0 Å². The minimum absolute atomic E-state index is 0.00647. The molecule has 0 bridgehead atoms. The van der Waals surface area contributed by atoms with Crippen LogP contribution in [0.2, 0.25) is 0 Å². The van der Waals surface area contributed by atoms with Gasteiger partial charge in [0.15, 0.2) is 0 Å². The molecular formula is C22H34N4O. The Balaban J connectivity index is 1.41. The average Bonchev–Trinajstić information content (AvgIpc) is 3.33. The zero-order valence-electron chi connectivity index (χ0n) is 16.7. The lowest BCUT2D eigenvalue weighted by Gasteiger charge is -2.29. The summed E-state index contributed by atoms with van der Waals surface area (Å²) in [5, 5.41) is 6.37. The van der Waals surface area contributed by atoms with E-state index in [1.807, 2.05) is 0 Å². The molecule has 0 radical (unpaired) electrons. The molecule has 1 aliphatic carbocycles. The van der Waals surface area contributed by atoms with Gasteiger partial charge in [0.25, 0.3) is 0 Å². The highest BCUT2D eigenvalue weighted by atomic mass is 16.2. The summed E-state index contributed by atoms with van der Waals surface area (Å²) >= 11 is 0. The normalized spacial score (nSPS) is 21.9. The molecule has 1 aromatic rings. The van der Waals surface area contributed by atoms with Gasteiger partial charge in [0.05, 0.1) is 6.04 Å². The summed E-state index contributed by atoms with van der Waals surface area (Å²) in [7, 11) is 2.17. The average molecular weight is 371 g/mol. The van der Waals surface area contributed by atoms with Crippen LogP contribution in [-0.2, 0) is 6.42 Å². The van der Waals surface area contributed by atoms with Crippen LogP contribution in [0, 0.1) is 0 Å². The van der Waals surface area contributed by atoms with Crippen LogP contribution in [0.5, 0.6) is 0 Å². The Morgan fingerprint density at radius 3 is 2.67 bits per heavy atom. The lowest BCUT2D eigenvalue weighted by Crippen LogP contribution is -2.45. The second-order valence-corrected chi connectivity index (χ2v) is 8.51. The first kappa shape index (κ1) is 18.6. The number of urea groups is 1. The summed E-state index contributed by atoms with van der Waals surface area (Å²) in [6, 6.07) is 7.56. The van der Waals surface area contributed by atoms with E-state index in [9.17, 15) is 4.79 Å². The third-order valence-corrected chi connectivity index (χ3v) is 6.59. The fraction of sp³-hybridized carbons (Fsp3) is 0.682. The highest BCUT2D eigenvalue weighted by molar-refractivity contribution is 5.74. The number of hydrogen-bond acceptors (Lipinski definition) is 3. The van der Waals surface area contributed by atoms with E-state index in [1.54, 1.807) is 0 Å². The SMILES string of the molecule is CN1CCc2cc([C@@H](CNC(=O)NC3CCCCC3)N3CCCC3)ccc21. The van der Waals surface area contributed by atoms with Gasteiger partial charge in [-0.25, -0.2) is 4.79 Å². The third kappa shape index (κ3) is 4.40. The lowest BCUT2D eigenvalue weighted by atomic mass is 9.96. The van der Waals surface area contributed by atoms with Crippen molar-refractivity contribution in [2.75, 3.05) is 38.1 Å². The Morgan fingerprint density at radius 1 is 1.11 bits per heavy atom. The van der Waals surface area contributed by atoms with Crippen LogP contribution in [-0.4, -0.2) is 50.2 Å².